The number of ether oxygens (including phenoxy) is 1. The molecule has 4 nitrogen and oxygen atoms in total. The minimum absolute atomic E-state index is 0.116. The molecule has 0 aliphatic rings. The predicted molar refractivity (Wildman–Crippen MR) is 61.6 cm³/mol. The Morgan fingerprint density at radius 3 is 2.53 bits per heavy atom. The quantitative estimate of drug-likeness (QED) is 0.752. The summed E-state index contributed by atoms with van der Waals surface area (Å²) in [6.07, 6.45) is 0.812. The average molecular weight is 260 g/mol. The SMILES string of the molecule is COc1ccc(C(=O)CCS(C)(=O)=O)c(F)c1. The number of sulfone groups is 1. The van der Waals surface area contributed by atoms with Gasteiger partial charge in [0.2, 0.25) is 0 Å². The number of carbonyl (C=O) groups excluding carboxylic acids is 1. The van der Waals surface area contributed by atoms with Gasteiger partial charge in [-0.15, -0.1) is 0 Å². The molecule has 0 spiro atoms. The smallest absolute Gasteiger partial charge is 0.166 e. The molecule has 0 fully saturated rings. The van der Waals surface area contributed by atoms with Crippen LogP contribution in [0, 0.1) is 5.82 Å². The summed E-state index contributed by atoms with van der Waals surface area (Å²) in [7, 11) is -1.83. The van der Waals surface area contributed by atoms with Crippen molar-refractivity contribution in [2.24, 2.45) is 0 Å². The third-order valence-corrected chi connectivity index (χ3v) is 3.12. The number of benzene rings is 1. The Morgan fingerprint density at radius 2 is 2.06 bits per heavy atom. The average Bonchev–Trinajstić information content (AvgIpc) is 2.24. The van der Waals surface area contributed by atoms with E-state index < -0.39 is 21.4 Å². The van der Waals surface area contributed by atoms with Crippen molar-refractivity contribution in [3.05, 3.63) is 29.6 Å². The van der Waals surface area contributed by atoms with Gasteiger partial charge in [0.05, 0.1) is 18.4 Å². The largest absolute Gasteiger partial charge is 0.497 e. The Bertz CT molecular complexity index is 522. The van der Waals surface area contributed by atoms with Crippen LogP contribution in [0.4, 0.5) is 4.39 Å². The number of carbonyl (C=O) groups is 1. The summed E-state index contributed by atoms with van der Waals surface area (Å²) in [5.74, 6) is -1.21. The Labute approximate surface area is 99.3 Å². The van der Waals surface area contributed by atoms with Crippen molar-refractivity contribution in [3.8, 4) is 5.75 Å². The zero-order valence-electron chi connectivity index (χ0n) is 9.57. The van der Waals surface area contributed by atoms with Gasteiger partial charge < -0.3 is 4.74 Å². The molecule has 6 heteroatoms. The van der Waals surface area contributed by atoms with Gasteiger partial charge in [0, 0.05) is 18.7 Å². The molecule has 0 saturated carbocycles. The van der Waals surface area contributed by atoms with Crippen molar-refractivity contribution in [2.45, 2.75) is 6.42 Å². The summed E-state index contributed by atoms with van der Waals surface area (Å²) < 4.78 is 40.0. The van der Waals surface area contributed by atoms with Crippen molar-refractivity contribution < 1.29 is 22.3 Å². The number of methoxy groups -OCH3 is 1. The van der Waals surface area contributed by atoms with E-state index in [4.69, 9.17) is 4.74 Å². The van der Waals surface area contributed by atoms with Gasteiger partial charge in [-0.05, 0) is 12.1 Å². The summed E-state index contributed by atoms with van der Waals surface area (Å²) in [6, 6.07) is 3.84. The van der Waals surface area contributed by atoms with E-state index >= 15 is 0 Å². The number of hydrogen-bond acceptors (Lipinski definition) is 4. The summed E-state index contributed by atoms with van der Waals surface area (Å²) in [6.45, 7) is 0. The van der Waals surface area contributed by atoms with Crippen LogP contribution in [0.15, 0.2) is 18.2 Å². The molecule has 0 aliphatic carbocycles. The lowest BCUT2D eigenvalue weighted by atomic mass is 10.1. The van der Waals surface area contributed by atoms with Crippen LogP contribution in [0.1, 0.15) is 16.8 Å². The summed E-state index contributed by atoms with van der Waals surface area (Å²) >= 11 is 0. The van der Waals surface area contributed by atoms with E-state index in [-0.39, 0.29) is 17.7 Å². The number of halogens is 1. The molecule has 1 rings (SSSR count). The molecule has 1 aromatic carbocycles. The van der Waals surface area contributed by atoms with Crippen LogP contribution >= 0.6 is 0 Å². The molecule has 0 aliphatic heterocycles. The van der Waals surface area contributed by atoms with E-state index in [0.717, 1.165) is 12.3 Å². The van der Waals surface area contributed by atoms with E-state index in [1.165, 1.54) is 19.2 Å². The number of ketones is 1. The van der Waals surface area contributed by atoms with Crippen molar-refractivity contribution in [1.29, 1.82) is 0 Å². The van der Waals surface area contributed by atoms with Crippen molar-refractivity contribution in [1.82, 2.24) is 0 Å². The number of rotatable bonds is 5. The molecular formula is C11H13FO4S. The zero-order chi connectivity index (χ0) is 13.1. The lowest BCUT2D eigenvalue weighted by molar-refractivity contribution is 0.0985. The van der Waals surface area contributed by atoms with Crippen LogP contribution in [0.25, 0.3) is 0 Å². The van der Waals surface area contributed by atoms with Gasteiger partial charge >= 0.3 is 0 Å². The van der Waals surface area contributed by atoms with Gasteiger partial charge in [0.15, 0.2) is 5.78 Å². The molecule has 0 atom stereocenters. The van der Waals surface area contributed by atoms with Crippen LogP contribution in [0.2, 0.25) is 0 Å². The Hall–Kier alpha value is -1.43. The first-order chi connectivity index (χ1) is 7.83. The van der Waals surface area contributed by atoms with Crippen LogP contribution in [-0.2, 0) is 9.84 Å². The highest BCUT2D eigenvalue weighted by atomic mass is 32.2. The molecule has 0 unspecified atom stereocenters. The molecule has 0 heterocycles. The van der Waals surface area contributed by atoms with Gasteiger partial charge in [-0.3, -0.25) is 4.79 Å². The van der Waals surface area contributed by atoms with Crippen LogP contribution in [-0.4, -0.2) is 33.3 Å². The van der Waals surface area contributed by atoms with Gasteiger partial charge in [-0.2, -0.15) is 0 Å². The minimum Gasteiger partial charge on any atom is -0.497 e. The van der Waals surface area contributed by atoms with Crippen molar-refractivity contribution in [2.75, 3.05) is 19.1 Å². The van der Waals surface area contributed by atoms with E-state index in [1.54, 1.807) is 0 Å². The standard InChI is InChI=1S/C11H13FO4S/c1-16-8-3-4-9(10(12)7-8)11(13)5-6-17(2,14)15/h3-4,7H,5-6H2,1-2H3. The highest BCUT2D eigenvalue weighted by Gasteiger charge is 2.14. The van der Waals surface area contributed by atoms with Gasteiger partial charge in [0.25, 0.3) is 0 Å². The number of hydrogen-bond donors (Lipinski definition) is 0. The second kappa shape index (κ2) is 5.27. The maximum atomic E-state index is 13.5. The molecule has 0 amide bonds. The fraction of sp³-hybridized carbons (Fsp3) is 0.364. The van der Waals surface area contributed by atoms with Gasteiger partial charge in [-0.1, -0.05) is 0 Å². The second-order valence-corrected chi connectivity index (χ2v) is 5.91. The van der Waals surface area contributed by atoms with Crippen LogP contribution in [0.5, 0.6) is 5.75 Å². The van der Waals surface area contributed by atoms with E-state index in [1.807, 2.05) is 0 Å². The van der Waals surface area contributed by atoms with Crippen LogP contribution in [0.3, 0.4) is 0 Å². The second-order valence-electron chi connectivity index (χ2n) is 3.65. The molecule has 0 aromatic heterocycles. The normalized spacial score (nSPS) is 11.2. The summed E-state index contributed by atoms with van der Waals surface area (Å²) in [5.41, 5.74) is -0.116. The topological polar surface area (TPSA) is 60.4 Å². The lowest BCUT2D eigenvalue weighted by Gasteiger charge is -2.04. The van der Waals surface area contributed by atoms with Crippen molar-refractivity contribution in [3.63, 3.8) is 0 Å². The molecule has 0 bridgehead atoms. The highest BCUT2D eigenvalue weighted by Crippen LogP contribution is 2.17. The first-order valence-corrected chi connectivity index (χ1v) is 6.94. The third kappa shape index (κ3) is 4.14. The van der Waals surface area contributed by atoms with Crippen LogP contribution < -0.4 is 4.74 Å². The van der Waals surface area contributed by atoms with E-state index in [2.05, 4.69) is 0 Å². The van der Waals surface area contributed by atoms with Crippen molar-refractivity contribution >= 4 is 15.6 Å². The molecule has 1 aromatic rings. The molecule has 94 valence electrons. The minimum atomic E-state index is -3.22. The number of Topliss-reactive ketones (excluding diaryl/α,β-unsaturated/α-hetero) is 1. The molecule has 0 radical (unpaired) electrons. The van der Waals surface area contributed by atoms with Gasteiger partial charge in [-0.25, -0.2) is 12.8 Å². The highest BCUT2D eigenvalue weighted by molar-refractivity contribution is 7.90. The Balaban J connectivity index is 2.83. The molecular weight excluding hydrogens is 247 g/mol. The predicted octanol–water partition coefficient (Wildman–Crippen LogP) is 1.45. The summed E-state index contributed by atoms with van der Waals surface area (Å²) in [5, 5.41) is 0. The first kappa shape index (κ1) is 13.6. The zero-order valence-corrected chi connectivity index (χ0v) is 10.4. The Kier molecular flexibility index (Phi) is 4.22. The Morgan fingerprint density at radius 1 is 1.41 bits per heavy atom. The maximum absolute atomic E-state index is 13.5. The summed E-state index contributed by atoms with van der Waals surface area (Å²) in [4.78, 5) is 11.6. The fourth-order valence-corrected chi connectivity index (χ4v) is 1.82. The maximum Gasteiger partial charge on any atom is 0.166 e. The molecule has 0 saturated heterocycles. The van der Waals surface area contributed by atoms with E-state index in [9.17, 15) is 17.6 Å². The first-order valence-electron chi connectivity index (χ1n) is 4.88. The van der Waals surface area contributed by atoms with Gasteiger partial charge in [0.1, 0.15) is 21.4 Å². The molecule has 0 N–H and O–H groups in total. The lowest BCUT2D eigenvalue weighted by Crippen LogP contribution is -2.10. The molecule has 17 heavy (non-hydrogen) atoms. The van der Waals surface area contributed by atoms with E-state index in [0.29, 0.717) is 5.75 Å². The fourth-order valence-electron chi connectivity index (χ4n) is 1.26. The third-order valence-electron chi connectivity index (χ3n) is 2.18. The monoisotopic (exact) mass is 260 g/mol.